The molecule has 1 atom stereocenters. The van der Waals surface area contributed by atoms with Gasteiger partial charge in [0.2, 0.25) is 5.91 Å². The average molecular weight is 532 g/mol. The Bertz CT molecular complexity index is 737. The van der Waals surface area contributed by atoms with Gasteiger partial charge in [-0.25, -0.2) is 4.99 Å². The second-order valence-corrected chi connectivity index (χ2v) is 7.93. The topological polar surface area (TPSA) is 84.0 Å². The lowest BCUT2D eigenvalue weighted by Crippen LogP contribution is -2.47. The van der Waals surface area contributed by atoms with Crippen molar-refractivity contribution in [3.05, 3.63) is 23.3 Å². The van der Waals surface area contributed by atoms with Crippen LogP contribution < -0.4 is 25.4 Å². The van der Waals surface area contributed by atoms with Crippen molar-refractivity contribution >= 4 is 35.8 Å². The molecule has 1 aromatic carbocycles. The lowest BCUT2D eigenvalue weighted by Gasteiger charge is -2.25. The van der Waals surface area contributed by atoms with E-state index in [-0.39, 0.29) is 36.0 Å². The quantitative estimate of drug-likeness (QED) is 0.259. The van der Waals surface area contributed by atoms with Crippen molar-refractivity contribution in [3.8, 4) is 11.5 Å². The third-order valence-electron chi connectivity index (χ3n) is 4.78. The summed E-state index contributed by atoms with van der Waals surface area (Å²) in [4.78, 5) is 16.9. The largest absolute Gasteiger partial charge is 0.494 e. The van der Waals surface area contributed by atoms with Crippen molar-refractivity contribution in [2.45, 2.75) is 60.6 Å². The molecule has 1 heterocycles. The zero-order valence-corrected chi connectivity index (χ0v) is 21.4. The summed E-state index contributed by atoms with van der Waals surface area (Å²) in [5, 5.41) is 9.41. The van der Waals surface area contributed by atoms with Crippen LogP contribution in [0.2, 0.25) is 0 Å². The van der Waals surface area contributed by atoms with E-state index >= 15 is 0 Å². The van der Waals surface area contributed by atoms with Gasteiger partial charge in [-0.15, -0.1) is 24.0 Å². The van der Waals surface area contributed by atoms with Crippen LogP contribution in [-0.4, -0.2) is 44.2 Å². The predicted octanol–water partition coefficient (Wildman–Crippen LogP) is 3.24. The highest BCUT2D eigenvalue weighted by molar-refractivity contribution is 14.0. The molecule has 1 amide bonds. The number of carbonyl (C=O) groups excluding carboxylic acids is 1. The van der Waals surface area contributed by atoms with Crippen LogP contribution >= 0.6 is 24.0 Å². The minimum atomic E-state index is -0.541. The fraction of sp³-hybridized carbons (Fsp3) is 0.636. The van der Waals surface area contributed by atoms with Gasteiger partial charge in [-0.1, -0.05) is 0 Å². The number of carbonyl (C=O) groups is 1. The SMILES string of the molecule is CCNC(=O)C(C)(C)CNC(=NCc1cc2c(cc1OCC)CC(C)O2)NCC.I. The summed E-state index contributed by atoms with van der Waals surface area (Å²) in [6, 6.07) is 4.11. The van der Waals surface area contributed by atoms with Crippen LogP contribution in [0.25, 0.3) is 0 Å². The number of nitrogens with zero attached hydrogens (tertiary/aromatic N) is 1. The molecule has 30 heavy (non-hydrogen) atoms. The lowest BCUT2D eigenvalue weighted by atomic mass is 9.92. The summed E-state index contributed by atoms with van der Waals surface area (Å²) < 4.78 is 11.7. The first-order chi connectivity index (χ1) is 13.8. The van der Waals surface area contributed by atoms with Crippen LogP contribution in [0.3, 0.4) is 0 Å². The predicted molar refractivity (Wildman–Crippen MR) is 132 cm³/mol. The Balaban J connectivity index is 0.00000450. The van der Waals surface area contributed by atoms with Gasteiger partial charge in [0.1, 0.15) is 17.6 Å². The van der Waals surface area contributed by atoms with E-state index in [9.17, 15) is 4.79 Å². The highest BCUT2D eigenvalue weighted by Gasteiger charge is 2.27. The van der Waals surface area contributed by atoms with Gasteiger partial charge in [0.25, 0.3) is 0 Å². The van der Waals surface area contributed by atoms with Gasteiger partial charge < -0.3 is 25.4 Å². The molecular weight excluding hydrogens is 495 g/mol. The number of nitrogens with one attached hydrogen (secondary N) is 3. The van der Waals surface area contributed by atoms with E-state index in [4.69, 9.17) is 14.5 Å². The molecule has 8 heteroatoms. The summed E-state index contributed by atoms with van der Waals surface area (Å²) >= 11 is 0. The molecule has 0 bridgehead atoms. The molecule has 170 valence electrons. The molecule has 0 fully saturated rings. The maximum atomic E-state index is 12.2. The van der Waals surface area contributed by atoms with Crippen molar-refractivity contribution in [1.82, 2.24) is 16.0 Å². The second-order valence-electron chi connectivity index (χ2n) is 7.93. The number of hydrogen-bond acceptors (Lipinski definition) is 4. The number of benzene rings is 1. The normalized spacial score (nSPS) is 15.5. The standard InChI is InChI=1S/C22H36N4O3.HI/c1-7-23-20(27)22(5,6)14-26-21(24-8-2)25-13-17-12-19-16(10-15(4)29-19)11-18(17)28-9-3;/h11-12,15H,7-10,13-14H2,1-6H3,(H,23,27)(H2,24,25,26);1H. The first kappa shape index (κ1) is 26.3. The summed E-state index contributed by atoms with van der Waals surface area (Å²) in [6.07, 6.45) is 1.09. The summed E-state index contributed by atoms with van der Waals surface area (Å²) in [5.74, 6) is 2.46. The van der Waals surface area contributed by atoms with E-state index in [1.807, 2.05) is 40.7 Å². The number of rotatable bonds is 9. The molecule has 0 radical (unpaired) electrons. The van der Waals surface area contributed by atoms with Crippen LogP contribution in [0, 0.1) is 5.41 Å². The van der Waals surface area contributed by atoms with Gasteiger partial charge in [0, 0.05) is 37.2 Å². The molecule has 1 aromatic rings. The first-order valence-electron chi connectivity index (χ1n) is 10.6. The van der Waals surface area contributed by atoms with Gasteiger partial charge in [-0.2, -0.15) is 0 Å². The second kappa shape index (κ2) is 12.2. The Morgan fingerprint density at radius 2 is 1.90 bits per heavy atom. The monoisotopic (exact) mass is 532 g/mol. The summed E-state index contributed by atoms with van der Waals surface area (Å²) in [6.45, 7) is 14.7. The van der Waals surface area contributed by atoms with Gasteiger partial charge in [0.05, 0.1) is 18.6 Å². The number of aliphatic imine (C=N–C) groups is 1. The van der Waals surface area contributed by atoms with Crippen molar-refractivity contribution in [1.29, 1.82) is 0 Å². The Hall–Kier alpha value is -1.71. The Morgan fingerprint density at radius 3 is 2.53 bits per heavy atom. The zero-order chi connectivity index (χ0) is 21.4. The number of fused-ring (bicyclic) bond motifs is 1. The first-order valence-corrected chi connectivity index (χ1v) is 10.6. The highest BCUT2D eigenvalue weighted by Crippen LogP contribution is 2.35. The third kappa shape index (κ3) is 7.21. The van der Waals surface area contributed by atoms with Crippen LogP contribution in [-0.2, 0) is 17.8 Å². The third-order valence-corrected chi connectivity index (χ3v) is 4.78. The zero-order valence-electron chi connectivity index (χ0n) is 19.1. The number of halogens is 1. The van der Waals surface area contributed by atoms with E-state index in [0.29, 0.717) is 32.2 Å². The fourth-order valence-corrected chi connectivity index (χ4v) is 3.19. The maximum absolute atomic E-state index is 12.2. The van der Waals surface area contributed by atoms with E-state index in [2.05, 4.69) is 28.9 Å². The van der Waals surface area contributed by atoms with Crippen LogP contribution in [0.4, 0.5) is 0 Å². The Kier molecular flexibility index (Phi) is 10.7. The Labute approximate surface area is 197 Å². The minimum Gasteiger partial charge on any atom is -0.494 e. The number of amides is 1. The van der Waals surface area contributed by atoms with Gasteiger partial charge >= 0.3 is 0 Å². The summed E-state index contributed by atoms with van der Waals surface area (Å²) in [7, 11) is 0. The molecular formula is C22H37IN4O3. The maximum Gasteiger partial charge on any atom is 0.227 e. The molecule has 0 spiro atoms. The van der Waals surface area contributed by atoms with Crippen molar-refractivity contribution < 1.29 is 14.3 Å². The van der Waals surface area contributed by atoms with Crippen LogP contribution in [0.1, 0.15) is 52.7 Å². The molecule has 0 saturated carbocycles. The molecule has 1 aliphatic heterocycles. The van der Waals surface area contributed by atoms with Crippen molar-refractivity contribution in [2.75, 3.05) is 26.2 Å². The van der Waals surface area contributed by atoms with E-state index in [0.717, 1.165) is 30.0 Å². The van der Waals surface area contributed by atoms with E-state index in [1.165, 1.54) is 5.56 Å². The van der Waals surface area contributed by atoms with Crippen molar-refractivity contribution in [3.63, 3.8) is 0 Å². The van der Waals surface area contributed by atoms with E-state index in [1.54, 1.807) is 0 Å². The molecule has 0 saturated heterocycles. The van der Waals surface area contributed by atoms with E-state index < -0.39 is 5.41 Å². The summed E-state index contributed by atoms with van der Waals surface area (Å²) in [5.41, 5.74) is 1.63. The average Bonchev–Trinajstić information content (AvgIpc) is 3.03. The van der Waals surface area contributed by atoms with Gasteiger partial charge in [-0.3, -0.25) is 4.79 Å². The van der Waals surface area contributed by atoms with Gasteiger partial charge in [0.15, 0.2) is 5.96 Å². The number of hydrogen-bond donors (Lipinski definition) is 3. The molecule has 1 aliphatic rings. The molecule has 2 rings (SSSR count). The van der Waals surface area contributed by atoms with Gasteiger partial charge in [-0.05, 0) is 53.7 Å². The minimum absolute atomic E-state index is 0. The highest BCUT2D eigenvalue weighted by atomic mass is 127. The fourth-order valence-electron chi connectivity index (χ4n) is 3.19. The molecule has 1 unspecified atom stereocenters. The molecule has 0 aliphatic carbocycles. The van der Waals surface area contributed by atoms with Crippen LogP contribution in [0.5, 0.6) is 11.5 Å². The smallest absolute Gasteiger partial charge is 0.227 e. The Morgan fingerprint density at radius 1 is 1.20 bits per heavy atom. The van der Waals surface area contributed by atoms with Crippen LogP contribution in [0.15, 0.2) is 17.1 Å². The number of guanidine groups is 1. The molecule has 7 nitrogen and oxygen atoms in total. The van der Waals surface area contributed by atoms with Crippen molar-refractivity contribution in [2.24, 2.45) is 10.4 Å². The molecule has 0 aromatic heterocycles. The lowest BCUT2D eigenvalue weighted by molar-refractivity contribution is -0.128. The number of ether oxygens (including phenoxy) is 2. The molecule has 3 N–H and O–H groups in total.